The van der Waals surface area contributed by atoms with Gasteiger partial charge in [0.1, 0.15) is 13.2 Å². The minimum atomic E-state index is -0.763. The molecule has 0 aromatic carbocycles. The van der Waals surface area contributed by atoms with Gasteiger partial charge in [0.15, 0.2) is 6.10 Å². The Balaban J connectivity index is 4.28. The van der Waals surface area contributed by atoms with E-state index in [-0.39, 0.29) is 31.1 Å². The maximum Gasteiger partial charge on any atom is 0.306 e. The summed E-state index contributed by atoms with van der Waals surface area (Å²) in [4.78, 5) is 38.0. The monoisotopic (exact) mass is 877 g/mol. The van der Waals surface area contributed by atoms with Crippen LogP contribution >= 0.6 is 0 Å². The average molecular weight is 877 g/mol. The Hall–Kier alpha value is -1.59. The highest BCUT2D eigenvalue weighted by Gasteiger charge is 2.19. The number of rotatable bonds is 50. The molecule has 6 heteroatoms. The van der Waals surface area contributed by atoms with Crippen molar-refractivity contribution in [2.75, 3.05) is 13.2 Å². The number of hydrogen-bond donors (Lipinski definition) is 0. The molecule has 0 saturated heterocycles. The van der Waals surface area contributed by atoms with Crippen molar-refractivity contribution in [3.63, 3.8) is 0 Å². The second kappa shape index (κ2) is 48.9. The summed E-state index contributed by atoms with van der Waals surface area (Å²) in [5, 5.41) is 0. The number of ether oxygens (including phenoxy) is 3. The largest absolute Gasteiger partial charge is 0.462 e. The van der Waals surface area contributed by atoms with Crippen LogP contribution in [0.25, 0.3) is 0 Å². The molecule has 0 radical (unpaired) electrons. The normalized spacial score (nSPS) is 12.5. The number of hydrogen-bond acceptors (Lipinski definition) is 6. The third-order valence-electron chi connectivity index (χ3n) is 13.1. The summed E-state index contributed by atoms with van der Waals surface area (Å²) in [6, 6.07) is 0. The van der Waals surface area contributed by atoms with Crippen LogP contribution < -0.4 is 0 Å². The third-order valence-corrected chi connectivity index (χ3v) is 13.1. The number of unbranched alkanes of at least 4 members (excludes halogenated alkanes) is 34. The van der Waals surface area contributed by atoms with Crippen LogP contribution in [-0.2, 0) is 28.6 Å². The zero-order valence-electron chi connectivity index (χ0n) is 42.5. The molecule has 0 aromatic rings. The summed E-state index contributed by atoms with van der Waals surface area (Å²) >= 11 is 0. The molecular weight excluding hydrogens is 769 g/mol. The lowest BCUT2D eigenvalue weighted by atomic mass is 9.99. The lowest BCUT2D eigenvalue weighted by molar-refractivity contribution is -0.167. The van der Waals surface area contributed by atoms with Crippen LogP contribution in [0.1, 0.15) is 311 Å². The van der Waals surface area contributed by atoms with Crippen molar-refractivity contribution in [3.8, 4) is 0 Å². The highest BCUT2D eigenvalue weighted by atomic mass is 16.6. The molecule has 0 spiro atoms. The maximum absolute atomic E-state index is 12.8. The van der Waals surface area contributed by atoms with E-state index in [1.54, 1.807) is 0 Å². The van der Waals surface area contributed by atoms with Crippen LogP contribution in [0.5, 0.6) is 0 Å². The Kier molecular flexibility index (Phi) is 47.6. The van der Waals surface area contributed by atoms with Crippen molar-refractivity contribution >= 4 is 17.9 Å². The molecule has 0 amide bonds. The van der Waals surface area contributed by atoms with E-state index >= 15 is 0 Å². The fourth-order valence-corrected chi connectivity index (χ4v) is 8.49. The van der Waals surface area contributed by atoms with E-state index in [1.807, 2.05) is 0 Å². The zero-order valence-corrected chi connectivity index (χ0v) is 42.5. The Morgan fingerprint density at radius 1 is 0.339 bits per heavy atom. The Labute approximate surface area is 387 Å². The molecule has 0 aromatic heterocycles. The second-order valence-corrected chi connectivity index (χ2v) is 19.9. The van der Waals surface area contributed by atoms with Gasteiger partial charge in [0.05, 0.1) is 0 Å². The van der Waals surface area contributed by atoms with Gasteiger partial charge >= 0.3 is 17.9 Å². The van der Waals surface area contributed by atoms with Gasteiger partial charge in [-0.3, -0.25) is 14.4 Å². The first-order chi connectivity index (χ1) is 30.3. The summed E-state index contributed by atoms with van der Waals surface area (Å²) in [5.74, 6) is 0.827. The smallest absolute Gasteiger partial charge is 0.306 e. The minimum Gasteiger partial charge on any atom is -0.462 e. The van der Waals surface area contributed by atoms with Crippen LogP contribution in [0, 0.1) is 11.8 Å². The first-order valence-electron chi connectivity index (χ1n) is 27.8. The fourth-order valence-electron chi connectivity index (χ4n) is 8.49. The van der Waals surface area contributed by atoms with Crippen LogP contribution in [0.15, 0.2) is 0 Å². The van der Waals surface area contributed by atoms with E-state index in [4.69, 9.17) is 14.2 Å². The maximum atomic E-state index is 12.8. The first kappa shape index (κ1) is 60.4. The van der Waals surface area contributed by atoms with Crippen molar-refractivity contribution in [2.45, 2.75) is 317 Å². The summed E-state index contributed by atoms with van der Waals surface area (Å²) in [7, 11) is 0. The van der Waals surface area contributed by atoms with Crippen LogP contribution in [0.2, 0.25) is 0 Å². The molecule has 0 saturated carbocycles. The molecule has 2 atom stereocenters. The van der Waals surface area contributed by atoms with Gasteiger partial charge in [-0.1, -0.05) is 272 Å². The molecule has 1 unspecified atom stereocenters. The van der Waals surface area contributed by atoms with Crippen LogP contribution in [0.3, 0.4) is 0 Å². The summed E-state index contributed by atoms with van der Waals surface area (Å²) in [6.07, 6.45) is 50.9. The van der Waals surface area contributed by atoms with Gasteiger partial charge < -0.3 is 14.2 Å². The molecule has 0 fully saturated rings. The summed E-state index contributed by atoms with van der Waals surface area (Å²) < 4.78 is 16.9. The molecule has 62 heavy (non-hydrogen) atoms. The predicted molar refractivity (Wildman–Crippen MR) is 266 cm³/mol. The van der Waals surface area contributed by atoms with Gasteiger partial charge in [0, 0.05) is 19.3 Å². The minimum absolute atomic E-state index is 0.0635. The molecule has 0 aliphatic rings. The van der Waals surface area contributed by atoms with Crippen LogP contribution in [-0.4, -0.2) is 37.2 Å². The highest BCUT2D eigenvalue weighted by Crippen LogP contribution is 2.18. The van der Waals surface area contributed by atoms with Gasteiger partial charge in [0.25, 0.3) is 0 Å². The van der Waals surface area contributed by atoms with Crippen molar-refractivity contribution in [2.24, 2.45) is 11.8 Å². The fraction of sp³-hybridized carbons (Fsp3) is 0.946. The first-order valence-corrected chi connectivity index (χ1v) is 27.8. The molecule has 0 N–H and O–H groups in total. The number of carbonyl (C=O) groups is 3. The Bertz CT molecular complexity index is 949. The molecule has 0 rings (SSSR count). The van der Waals surface area contributed by atoms with Gasteiger partial charge in [-0.15, -0.1) is 0 Å². The second-order valence-electron chi connectivity index (χ2n) is 19.9. The van der Waals surface area contributed by atoms with E-state index in [2.05, 4.69) is 34.6 Å². The topological polar surface area (TPSA) is 78.9 Å². The van der Waals surface area contributed by atoms with Crippen molar-refractivity contribution in [1.82, 2.24) is 0 Å². The summed E-state index contributed by atoms with van der Waals surface area (Å²) in [5.41, 5.74) is 0. The van der Waals surface area contributed by atoms with Crippen molar-refractivity contribution < 1.29 is 28.6 Å². The van der Waals surface area contributed by atoms with E-state index in [1.165, 1.54) is 199 Å². The third kappa shape index (κ3) is 47.9. The standard InChI is InChI=1S/C56H108O6/c1-6-8-9-10-11-12-13-14-15-16-17-18-19-22-25-31-36-41-46-54(57)60-49-53(50-61-55(58)47-42-37-32-28-27-30-35-40-45-52(5)7-2)62-56(59)48-43-38-33-26-23-20-21-24-29-34-39-44-51(3)4/h51-53H,6-50H2,1-5H3/t52?,53-/m0/s1. The SMILES string of the molecule is CCCCCCCCCCCCCCCCCCCCC(=O)OC[C@@H](COC(=O)CCCCCCCCCCC(C)CC)OC(=O)CCCCCCCCCCCCCC(C)C. The van der Waals surface area contributed by atoms with E-state index < -0.39 is 6.10 Å². The molecule has 0 aliphatic heterocycles. The summed E-state index contributed by atoms with van der Waals surface area (Å²) in [6.45, 7) is 11.4. The molecule has 0 heterocycles. The number of esters is 3. The Morgan fingerprint density at radius 3 is 0.919 bits per heavy atom. The molecule has 0 bridgehead atoms. The van der Waals surface area contributed by atoms with Crippen molar-refractivity contribution in [1.29, 1.82) is 0 Å². The highest BCUT2D eigenvalue weighted by molar-refractivity contribution is 5.71. The van der Waals surface area contributed by atoms with Gasteiger partial charge in [0.2, 0.25) is 0 Å². The van der Waals surface area contributed by atoms with Gasteiger partial charge in [-0.2, -0.15) is 0 Å². The van der Waals surface area contributed by atoms with E-state index in [9.17, 15) is 14.4 Å². The van der Waals surface area contributed by atoms with Crippen LogP contribution in [0.4, 0.5) is 0 Å². The molecular formula is C56H108O6. The lowest BCUT2D eigenvalue weighted by Crippen LogP contribution is -2.30. The zero-order chi connectivity index (χ0) is 45.4. The quantitative estimate of drug-likeness (QED) is 0.0344. The molecule has 6 nitrogen and oxygen atoms in total. The van der Waals surface area contributed by atoms with Gasteiger partial charge in [-0.25, -0.2) is 0 Å². The Morgan fingerprint density at radius 2 is 0.613 bits per heavy atom. The van der Waals surface area contributed by atoms with E-state index in [0.717, 1.165) is 69.6 Å². The molecule has 0 aliphatic carbocycles. The number of carbonyl (C=O) groups excluding carboxylic acids is 3. The lowest BCUT2D eigenvalue weighted by Gasteiger charge is -2.18. The molecule has 368 valence electrons. The van der Waals surface area contributed by atoms with E-state index in [0.29, 0.717) is 19.3 Å². The predicted octanol–water partition coefficient (Wildman–Crippen LogP) is 18.1. The average Bonchev–Trinajstić information content (AvgIpc) is 3.26. The van der Waals surface area contributed by atoms with Gasteiger partial charge in [-0.05, 0) is 31.1 Å². The van der Waals surface area contributed by atoms with Crippen molar-refractivity contribution in [3.05, 3.63) is 0 Å².